The maximum atomic E-state index is 12.2. The van der Waals surface area contributed by atoms with E-state index in [-0.39, 0.29) is 17.9 Å². The molecule has 1 unspecified atom stereocenters. The molecule has 1 aliphatic heterocycles. The Kier molecular flexibility index (Phi) is 6.21. The molecule has 1 aliphatic rings. The number of hydrogen-bond acceptors (Lipinski definition) is 4. The monoisotopic (exact) mass is 310 g/mol. The standard InChI is InChI=1S/C16H26N2O2S/c1-12-6-9-21-15(12)10-18-7-4-14(5-8-18)16(19)17-13(2)11-20-3/h6,9,13-14H,4-5,7-8,10-11H2,1-3H3,(H,17,19). The van der Waals surface area contributed by atoms with Crippen LogP contribution in [0.25, 0.3) is 0 Å². The zero-order valence-electron chi connectivity index (χ0n) is 13.2. The molecule has 2 heterocycles. The molecule has 4 nitrogen and oxygen atoms in total. The highest BCUT2D eigenvalue weighted by Gasteiger charge is 2.26. The number of piperidine rings is 1. The lowest BCUT2D eigenvalue weighted by molar-refractivity contribution is -0.127. The van der Waals surface area contributed by atoms with E-state index in [2.05, 4.69) is 28.6 Å². The lowest BCUT2D eigenvalue weighted by Gasteiger charge is -2.31. The molecule has 1 N–H and O–H groups in total. The average Bonchev–Trinajstić information content (AvgIpc) is 2.85. The zero-order chi connectivity index (χ0) is 15.2. The highest BCUT2D eigenvalue weighted by atomic mass is 32.1. The van der Waals surface area contributed by atoms with Crippen LogP contribution in [-0.4, -0.2) is 43.7 Å². The molecule has 0 saturated carbocycles. The Morgan fingerprint density at radius 2 is 2.24 bits per heavy atom. The van der Waals surface area contributed by atoms with E-state index >= 15 is 0 Å². The first-order valence-corrected chi connectivity index (χ1v) is 8.52. The van der Waals surface area contributed by atoms with Crippen molar-refractivity contribution in [3.8, 4) is 0 Å². The summed E-state index contributed by atoms with van der Waals surface area (Å²) in [7, 11) is 1.66. The van der Waals surface area contributed by atoms with Gasteiger partial charge in [-0.3, -0.25) is 9.69 Å². The molecule has 0 radical (unpaired) electrons. The van der Waals surface area contributed by atoms with Gasteiger partial charge in [-0.05, 0) is 56.8 Å². The van der Waals surface area contributed by atoms with E-state index in [4.69, 9.17) is 4.74 Å². The Balaban J connectivity index is 1.75. The molecule has 21 heavy (non-hydrogen) atoms. The lowest BCUT2D eigenvalue weighted by Crippen LogP contribution is -2.44. The molecule has 0 bridgehead atoms. The summed E-state index contributed by atoms with van der Waals surface area (Å²) in [6, 6.07) is 2.27. The van der Waals surface area contributed by atoms with Crippen molar-refractivity contribution < 1.29 is 9.53 Å². The SMILES string of the molecule is COCC(C)NC(=O)C1CCN(Cc2sccc2C)CC1. The number of thiophene rings is 1. The number of hydrogen-bond donors (Lipinski definition) is 1. The summed E-state index contributed by atoms with van der Waals surface area (Å²) in [6.45, 7) is 7.77. The molecule has 2 rings (SSSR count). The van der Waals surface area contributed by atoms with Gasteiger partial charge in [-0.25, -0.2) is 0 Å². The van der Waals surface area contributed by atoms with Gasteiger partial charge in [-0.15, -0.1) is 11.3 Å². The van der Waals surface area contributed by atoms with Crippen molar-refractivity contribution in [3.63, 3.8) is 0 Å². The van der Waals surface area contributed by atoms with Gasteiger partial charge in [0.05, 0.1) is 6.61 Å². The largest absolute Gasteiger partial charge is 0.383 e. The molecule has 1 amide bonds. The Hall–Kier alpha value is -0.910. The molecule has 1 fully saturated rings. The molecule has 1 saturated heterocycles. The Labute approximate surface area is 131 Å². The Morgan fingerprint density at radius 1 is 1.52 bits per heavy atom. The summed E-state index contributed by atoms with van der Waals surface area (Å²) in [6.07, 6.45) is 1.91. The fraction of sp³-hybridized carbons (Fsp3) is 0.688. The minimum Gasteiger partial charge on any atom is -0.383 e. The van der Waals surface area contributed by atoms with E-state index in [0.29, 0.717) is 6.61 Å². The summed E-state index contributed by atoms with van der Waals surface area (Å²) in [5.74, 6) is 0.344. The third-order valence-electron chi connectivity index (χ3n) is 4.10. The summed E-state index contributed by atoms with van der Waals surface area (Å²) < 4.78 is 5.06. The summed E-state index contributed by atoms with van der Waals surface area (Å²) >= 11 is 1.83. The number of carbonyl (C=O) groups is 1. The first-order valence-electron chi connectivity index (χ1n) is 7.64. The van der Waals surface area contributed by atoms with E-state index < -0.39 is 0 Å². The van der Waals surface area contributed by atoms with Crippen LogP contribution < -0.4 is 5.32 Å². The normalized spacial score (nSPS) is 18.6. The van der Waals surface area contributed by atoms with Gasteiger partial charge in [-0.1, -0.05) is 0 Å². The van der Waals surface area contributed by atoms with Crippen molar-refractivity contribution in [2.75, 3.05) is 26.8 Å². The third-order valence-corrected chi connectivity index (χ3v) is 5.11. The molecule has 1 aromatic heterocycles. The smallest absolute Gasteiger partial charge is 0.223 e. The van der Waals surface area contributed by atoms with Crippen LogP contribution in [0, 0.1) is 12.8 Å². The molecule has 5 heteroatoms. The van der Waals surface area contributed by atoms with E-state index in [1.807, 2.05) is 18.3 Å². The van der Waals surface area contributed by atoms with Crippen LogP contribution >= 0.6 is 11.3 Å². The van der Waals surface area contributed by atoms with Gasteiger partial charge >= 0.3 is 0 Å². The second-order valence-electron chi connectivity index (χ2n) is 5.94. The quantitative estimate of drug-likeness (QED) is 0.877. The van der Waals surface area contributed by atoms with Crippen LogP contribution in [-0.2, 0) is 16.1 Å². The maximum absolute atomic E-state index is 12.2. The van der Waals surface area contributed by atoms with Gasteiger partial charge in [0.1, 0.15) is 0 Å². The highest BCUT2D eigenvalue weighted by molar-refractivity contribution is 7.10. The fourth-order valence-electron chi connectivity index (χ4n) is 2.77. The number of amides is 1. The predicted molar refractivity (Wildman–Crippen MR) is 86.5 cm³/mol. The summed E-state index contributed by atoms with van der Waals surface area (Å²) in [5, 5.41) is 5.19. The number of nitrogens with zero attached hydrogens (tertiary/aromatic N) is 1. The Bertz CT molecular complexity index is 453. The summed E-state index contributed by atoms with van der Waals surface area (Å²) in [4.78, 5) is 16.1. The van der Waals surface area contributed by atoms with Crippen molar-refractivity contribution in [1.82, 2.24) is 10.2 Å². The van der Waals surface area contributed by atoms with Crippen molar-refractivity contribution in [3.05, 3.63) is 21.9 Å². The number of aryl methyl sites for hydroxylation is 1. The fourth-order valence-corrected chi connectivity index (χ4v) is 3.72. The van der Waals surface area contributed by atoms with Gasteiger partial charge in [0.2, 0.25) is 5.91 Å². The molecule has 0 aliphatic carbocycles. The highest BCUT2D eigenvalue weighted by Crippen LogP contribution is 2.23. The first kappa shape index (κ1) is 16.5. The van der Waals surface area contributed by atoms with Crippen molar-refractivity contribution >= 4 is 17.2 Å². The summed E-state index contributed by atoms with van der Waals surface area (Å²) in [5.41, 5.74) is 1.38. The van der Waals surface area contributed by atoms with E-state index in [9.17, 15) is 4.79 Å². The van der Waals surface area contributed by atoms with Crippen LogP contribution in [0.4, 0.5) is 0 Å². The number of likely N-dealkylation sites (tertiary alicyclic amines) is 1. The predicted octanol–water partition coefficient (Wildman–Crippen LogP) is 2.42. The molecular weight excluding hydrogens is 284 g/mol. The number of ether oxygens (including phenoxy) is 1. The number of nitrogens with one attached hydrogen (secondary N) is 1. The number of carbonyl (C=O) groups excluding carboxylic acids is 1. The Morgan fingerprint density at radius 3 is 2.81 bits per heavy atom. The molecule has 0 spiro atoms. The first-order chi connectivity index (χ1) is 10.1. The minimum atomic E-state index is 0.0919. The van der Waals surface area contributed by atoms with Crippen LogP contribution in [0.2, 0.25) is 0 Å². The lowest BCUT2D eigenvalue weighted by atomic mass is 9.95. The van der Waals surface area contributed by atoms with Gasteiger partial charge in [0, 0.05) is 30.5 Å². The molecule has 118 valence electrons. The molecule has 0 aromatic carbocycles. The molecular formula is C16H26N2O2S. The van der Waals surface area contributed by atoms with Gasteiger partial charge < -0.3 is 10.1 Å². The minimum absolute atomic E-state index is 0.0919. The molecule has 1 aromatic rings. The van der Waals surface area contributed by atoms with Gasteiger partial charge in [0.25, 0.3) is 0 Å². The van der Waals surface area contributed by atoms with Crippen molar-refractivity contribution in [2.24, 2.45) is 5.92 Å². The van der Waals surface area contributed by atoms with Crippen LogP contribution in [0.15, 0.2) is 11.4 Å². The zero-order valence-corrected chi connectivity index (χ0v) is 14.0. The van der Waals surface area contributed by atoms with Gasteiger partial charge in [0.15, 0.2) is 0 Å². The second kappa shape index (κ2) is 7.92. The third kappa shape index (κ3) is 4.80. The van der Waals surface area contributed by atoms with E-state index in [0.717, 1.165) is 32.5 Å². The maximum Gasteiger partial charge on any atom is 0.223 e. The van der Waals surface area contributed by atoms with E-state index in [1.165, 1.54) is 10.4 Å². The number of rotatable bonds is 6. The number of methoxy groups -OCH3 is 1. The van der Waals surface area contributed by atoms with Crippen LogP contribution in [0.1, 0.15) is 30.2 Å². The topological polar surface area (TPSA) is 41.6 Å². The van der Waals surface area contributed by atoms with Crippen LogP contribution in [0.3, 0.4) is 0 Å². The average molecular weight is 310 g/mol. The van der Waals surface area contributed by atoms with Gasteiger partial charge in [-0.2, -0.15) is 0 Å². The molecule has 1 atom stereocenters. The second-order valence-corrected chi connectivity index (χ2v) is 6.94. The van der Waals surface area contributed by atoms with Crippen molar-refractivity contribution in [2.45, 2.75) is 39.3 Å². The van der Waals surface area contributed by atoms with Crippen molar-refractivity contribution in [1.29, 1.82) is 0 Å². The van der Waals surface area contributed by atoms with Crippen LogP contribution in [0.5, 0.6) is 0 Å². The van der Waals surface area contributed by atoms with E-state index in [1.54, 1.807) is 7.11 Å².